The van der Waals surface area contributed by atoms with Crippen LogP contribution in [0.1, 0.15) is 16.7 Å². The number of rotatable bonds is 6. The molecule has 0 unspecified atom stereocenters. The van der Waals surface area contributed by atoms with Crippen molar-refractivity contribution in [2.75, 3.05) is 0 Å². The largest absolute Gasteiger partial charge is 0.343 e. The molecular formula is C22H19N5O2. The van der Waals surface area contributed by atoms with E-state index >= 15 is 0 Å². The van der Waals surface area contributed by atoms with Gasteiger partial charge in [-0.2, -0.15) is 5.11 Å². The maximum absolute atomic E-state index is 10.7. The number of nitrogens with zero attached hydrogens (tertiary/aromatic N) is 5. The van der Waals surface area contributed by atoms with E-state index in [1.807, 2.05) is 12.1 Å². The Morgan fingerprint density at radius 3 is 2.72 bits per heavy atom. The minimum atomic E-state index is -0.489. The number of hydrogen-bond donors (Lipinski definition) is 0. The average molecular weight is 385 g/mol. The van der Waals surface area contributed by atoms with Crippen molar-refractivity contribution in [1.29, 1.82) is 0 Å². The van der Waals surface area contributed by atoms with E-state index in [9.17, 15) is 10.1 Å². The third-order valence-corrected chi connectivity index (χ3v) is 4.66. The van der Waals surface area contributed by atoms with Crippen LogP contribution in [0.4, 0.5) is 11.5 Å². The Morgan fingerprint density at radius 2 is 1.97 bits per heavy atom. The topological polar surface area (TPSA) is 85.7 Å². The minimum absolute atomic E-state index is 0.0665. The molecule has 0 saturated carbocycles. The van der Waals surface area contributed by atoms with E-state index in [0.29, 0.717) is 12.4 Å². The van der Waals surface area contributed by atoms with Crippen LogP contribution in [0.2, 0.25) is 0 Å². The molecule has 0 atom stereocenters. The lowest BCUT2D eigenvalue weighted by atomic mass is 10.1. The molecule has 0 amide bonds. The molecule has 7 nitrogen and oxygen atoms in total. The smallest absolute Gasteiger partial charge is 0.287 e. The van der Waals surface area contributed by atoms with Crippen LogP contribution in [0.3, 0.4) is 0 Å². The molecule has 0 aliphatic carbocycles. The lowest BCUT2D eigenvalue weighted by Gasteiger charge is -2.06. The standard InChI is InChI=1S/C22H19N5O2/c1-16-5-4-6-17(11-16)14-26-15-18(20-7-2-3-8-21(20)26)12-24-25-22-10-9-19(13-23-22)27(28)29/h2-11,13,15H,12,14H2,1H3. The Bertz CT molecular complexity index is 1200. The van der Waals surface area contributed by atoms with Gasteiger partial charge in [0.25, 0.3) is 5.69 Å². The minimum Gasteiger partial charge on any atom is -0.343 e. The first kappa shape index (κ1) is 18.5. The van der Waals surface area contributed by atoms with Crippen molar-refractivity contribution in [3.8, 4) is 0 Å². The number of hydrogen-bond acceptors (Lipinski definition) is 5. The summed E-state index contributed by atoms with van der Waals surface area (Å²) in [6, 6.07) is 19.6. The number of aryl methyl sites for hydroxylation is 1. The monoisotopic (exact) mass is 385 g/mol. The normalized spacial score (nSPS) is 11.3. The summed E-state index contributed by atoms with van der Waals surface area (Å²) in [7, 11) is 0. The van der Waals surface area contributed by atoms with Crippen LogP contribution in [0.15, 0.2) is 83.3 Å². The molecule has 0 fully saturated rings. The highest BCUT2D eigenvalue weighted by molar-refractivity contribution is 5.84. The Balaban J connectivity index is 1.56. The highest BCUT2D eigenvalue weighted by atomic mass is 16.6. The first-order valence-electron chi connectivity index (χ1n) is 9.20. The Hall–Kier alpha value is -3.87. The average Bonchev–Trinajstić information content (AvgIpc) is 3.06. The molecule has 4 aromatic rings. The highest BCUT2D eigenvalue weighted by Gasteiger charge is 2.09. The van der Waals surface area contributed by atoms with Crippen molar-refractivity contribution in [3.05, 3.63) is 99.9 Å². The van der Waals surface area contributed by atoms with E-state index in [1.54, 1.807) is 0 Å². The summed E-state index contributed by atoms with van der Waals surface area (Å²) >= 11 is 0. The number of azo groups is 1. The molecule has 2 heterocycles. The van der Waals surface area contributed by atoms with Gasteiger partial charge in [-0.15, -0.1) is 5.11 Å². The fourth-order valence-electron chi connectivity index (χ4n) is 3.32. The molecular weight excluding hydrogens is 366 g/mol. The van der Waals surface area contributed by atoms with Gasteiger partial charge in [-0.3, -0.25) is 10.1 Å². The van der Waals surface area contributed by atoms with Crippen LogP contribution < -0.4 is 0 Å². The Kier molecular flexibility index (Phi) is 5.11. The van der Waals surface area contributed by atoms with Crippen LogP contribution >= 0.6 is 0 Å². The third-order valence-electron chi connectivity index (χ3n) is 4.66. The second kappa shape index (κ2) is 8.02. The van der Waals surface area contributed by atoms with Crippen LogP contribution in [0, 0.1) is 17.0 Å². The maximum atomic E-state index is 10.7. The fraction of sp³-hybridized carbons (Fsp3) is 0.136. The number of pyridine rings is 1. The van der Waals surface area contributed by atoms with Gasteiger partial charge in [0, 0.05) is 35.3 Å². The molecule has 0 spiro atoms. The lowest BCUT2D eigenvalue weighted by molar-refractivity contribution is -0.385. The van der Waals surface area contributed by atoms with E-state index in [4.69, 9.17) is 0 Å². The van der Waals surface area contributed by atoms with Crippen molar-refractivity contribution < 1.29 is 4.92 Å². The molecule has 0 bridgehead atoms. The fourth-order valence-corrected chi connectivity index (χ4v) is 3.32. The van der Waals surface area contributed by atoms with Crippen LogP contribution in [0.25, 0.3) is 10.9 Å². The van der Waals surface area contributed by atoms with Crippen molar-refractivity contribution in [1.82, 2.24) is 9.55 Å². The summed E-state index contributed by atoms with van der Waals surface area (Å²) in [5.74, 6) is 0.346. The lowest BCUT2D eigenvalue weighted by Crippen LogP contribution is -1.98. The molecule has 0 radical (unpaired) electrons. The van der Waals surface area contributed by atoms with Gasteiger partial charge in [-0.1, -0.05) is 48.0 Å². The number of benzene rings is 2. The van der Waals surface area contributed by atoms with Gasteiger partial charge in [0.1, 0.15) is 6.20 Å². The van der Waals surface area contributed by atoms with E-state index in [0.717, 1.165) is 23.0 Å². The first-order valence-corrected chi connectivity index (χ1v) is 9.20. The second-order valence-corrected chi connectivity index (χ2v) is 6.82. The van der Waals surface area contributed by atoms with Gasteiger partial charge in [-0.05, 0) is 24.6 Å². The van der Waals surface area contributed by atoms with Crippen molar-refractivity contribution >= 4 is 22.4 Å². The van der Waals surface area contributed by atoms with Crippen molar-refractivity contribution in [3.63, 3.8) is 0 Å². The van der Waals surface area contributed by atoms with E-state index in [2.05, 4.69) is 69.3 Å². The molecule has 4 rings (SSSR count). The van der Waals surface area contributed by atoms with E-state index in [1.165, 1.54) is 29.5 Å². The summed E-state index contributed by atoms with van der Waals surface area (Å²) in [5.41, 5.74) is 4.63. The Morgan fingerprint density at radius 1 is 1.10 bits per heavy atom. The molecule has 0 aliphatic rings. The van der Waals surface area contributed by atoms with Crippen molar-refractivity contribution in [2.24, 2.45) is 10.2 Å². The SMILES string of the molecule is Cc1cccc(Cn2cc(CN=Nc3ccc([N+](=O)[O-])cn3)c3ccccc32)c1. The molecule has 2 aromatic heterocycles. The van der Waals surface area contributed by atoms with Gasteiger partial charge in [0.2, 0.25) is 0 Å². The molecule has 2 aromatic carbocycles. The number of aromatic nitrogens is 2. The van der Waals surface area contributed by atoms with E-state index in [-0.39, 0.29) is 5.69 Å². The first-order chi connectivity index (χ1) is 14.1. The predicted molar refractivity (Wildman–Crippen MR) is 111 cm³/mol. The zero-order chi connectivity index (χ0) is 20.2. The molecule has 0 saturated heterocycles. The quantitative estimate of drug-likeness (QED) is 0.246. The summed E-state index contributed by atoms with van der Waals surface area (Å²) in [4.78, 5) is 14.2. The van der Waals surface area contributed by atoms with Crippen molar-refractivity contribution in [2.45, 2.75) is 20.0 Å². The summed E-state index contributed by atoms with van der Waals surface area (Å²) < 4.78 is 2.22. The number of para-hydroxylation sites is 1. The molecule has 7 heteroatoms. The van der Waals surface area contributed by atoms with Crippen LogP contribution in [0.5, 0.6) is 0 Å². The number of fused-ring (bicyclic) bond motifs is 1. The molecule has 0 N–H and O–H groups in total. The van der Waals surface area contributed by atoms with Gasteiger partial charge < -0.3 is 4.57 Å². The van der Waals surface area contributed by atoms with E-state index < -0.39 is 4.92 Å². The van der Waals surface area contributed by atoms with Gasteiger partial charge in [-0.25, -0.2) is 4.98 Å². The molecule has 144 valence electrons. The zero-order valence-corrected chi connectivity index (χ0v) is 15.9. The molecule has 0 aliphatic heterocycles. The predicted octanol–water partition coefficient (Wildman–Crippen LogP) is 5.59. The van der Waals surface area contributed by atoms with Gasteiger partial charge in [0.15, 0.2) is 5.82 Å². The summed E-state index contributed by atoms with van der Waals surface area (Å²) in [5, 5.41) is 20.2. The maximum Gasteiger partial charge on any atom is 0.287 e. The van der Waals surface area contributed by atoms with Crippen LogP contribution in [-0.2, 0) is 13.1 Å². The third kappa shape index (κ3) is 4.19. The van der Waals surface area contributed by atoms with Gasteiger partial charge in [0.05, 0.1) is 11.5 Å². The van der Waals surface area contributed by atoms with Crippen LogP contribution in [-0.4, -0.2) is 14.5 Å². The highest BCUT2D eigenvalue weighted by Crippen LogP contribution is 2.24. The number of nitro groups is 1. The van der Waals surface area contributed by atoms with Gasteiger partial charge >= 0.3 is 0 Å². The summed E-state index contributed by atoms with van der Waals surface area (Å²) in [6.45, 7) is 3.28. The summed E-state index contributed by atoms with van der Waals surface area (Å²) in [6.07, 6.45) is 3.29. The second-order valence-electron chi connectivity index (χ2n) is 6.82. The Labute approximate surface area is 167 Å². The molecule has 29 heavy (non-hydrogen) atoms. The zero-order valence-electron chi connectivity index (χ0n) is 15.9.